The number of hydrogen-bond acceptors (Lipinski definition) is 9. The standard InChI is InChI=1S/C23H29BrN2O3.C23H30N2O4.CHO2.Ca.H2O/c1-7-18-19(9-8-10-20(18)29-6)21(27)25-26(23(3,4)5)22(28)17-12-15(2)11-16(13-17)14-24;1-7-18-19(9-8-10-20(18)29-6)21(27)24-25(23(3,4)5)22(28)17-12-15(2)11-16(13-17)14-26;2-1-3;;/h8-13H,7,14H2,1-6H3,(H,25,27);8-13,26H,7,14H2,1-6H3,(H,24,27);(H,2,3);;1H2/q;;-1;+2;/p-1. The number of aliphatic hydroxyl groups is 1. The van der Waals surface area contributed by atoms with Gasteiger partial charge in [-0.25, -0.2) is 10.0 Å². The number of carbonyl (C=O) groups is 4. The molecule has 0 aromatic heterocycles. The molecule has 63 heavy (non-hydrogen) atoms. The van der Waals surface area contributed by atoms with Crippen molar-refractivity contribution in [2.45, 2.75) is 105 Å². The van der Waals surface area contributed by atoms with E-state index in [-0.39, 0.29) is 73.5 Å². The first-order valence-corrected chi connectivity index (χ1v) is 20.8. The molecule has 0 aliphatic carbocycles. The predicted molar refractivity (Wildman–Crippen MR) is 248 cm³/mol. The number of methoxy groups -OCH3 is 2. The third-order valence-corrected chi connectivity index (χ3v) is 9.83. The molecule has 0 bridgehead atoms. The number of rotatable bonds is 10. The maximum Gasteiger partial charge on any atom is 2.00 e. The van der Waals surface area contributed by atoms with Crippen LogP contribution >= 0.6 is 15.9 Å². The van der Waals surface area contributed by atoms with Crippen LogP contribution in [0.2, 0.25) is 0 Å². The molecule has 0 radical (unpaired) electrons. The zero-order valence-corrected chi connectivity index (χ0v) is 42.2. The van der Waals surface area contributed by atoms with E-state index in [9.17, 15) is 24.3 Å². The third-order valence-electron chi connectivity index (χ3n) is 9.18. The van der Waals surface area contributed by atoms with Crippen LogP contribution in [0.5, 0.6) is 11.5 Å². The number of nitrogens with zero attached hydrogens (tertiary/aromatic N) is 2. The summed E-state index contributed by atoms with van der Waals surface area (Å²) in [5.41, 5.74) is 11.4. The van der Waals surface area contributed by atoms with Gasteiger partial charge in [-0.2, -0.15) is 0 Å². The number of ether oxygens (including phenoxy) is 2. The molecule has 0 saturated carbocycles. The zero-order chi connectivity index (χ0) is 46.2. The molecule has 0 aliphatic heterocycles. The Balaban J connectivity index is 0.00000111. The summed E-state index contributed by atoms with van der Waals surface area (Å²) in [5, 5.41) is 19.6. The van der Waals surface area contributed by atoms with E-state index in [1.807, 2.05) is 106 Å². The van der Waals surface area contributed by atoms with Gasteiger partial charge in [0.1, 0.15) is 11.5 Å². The third kappa shape index (κ3) is 16.5. The van der Waals surface area contributed by atoms with Crippen LogP contribution in [0.15, 0.2) is 72.8 Å². The van der Waals surface area contributed by atoms with Crippen molar-refractivity contribution < 1.29 is 49.1 Å². The molecule has 5 N–H and O–H groups in total. The second-order valence-corrected chi connectivity index (χ2v) is 16.5. The van der Waals surface area contributed by atoms with Crippen molar-refractivity contribution >= 4 is 83.8 Å². The molecule has 16 heteroatoms. The monoisotopic (exact) mass is 960 g/mol. The minimum Gasteiger partial charge on any atom is -0.870 e. The molecule has 4 amide bonds. The van der Waals surface area contributed by atoms with Crippen LogP contribution in [-0.4, -0.2) is 119 Å². The summed E-state index contributed by atoms with van der Waals surface area (Å²) in [6.45, 7) is 19.3. The van der Waals surface area contributed by atoms with E-state index in [2.05, 4.69) is 26.8 Å². The number of amides is 4. The molecule has 0 spiro atoms. The van der Waals surface area contributed by atoms with Gasteiger partial charge in [-0.15, -0.1) is 0 Å². The first-order chi connectivity index (χ1) is 28.6. The Morgan fingerprint density at radius 3 is 1.33 bits per heavy atom. The summed E-state index contributed by atoms with van der Waals surface area (Å²) in [6.07, 6.45) is 1.26. The largest absolute Gasteiger partial charge is 2.00 e. The van der Waals surface area contributed by atoms with Gasteiger partial charge in [0.25, 0.3) is 23.6 Å². The van der Waals surface area contributed by atoms with Gasteiger partial charge in [0.2, 0.25) is 0 Å². The Morgan fingerprint density at radius 2 is 1.03 bits per heavy atom. The average Bonchev–Trinajstić information content (AvgIpc) is 3.22. The van der Waals surface area contributed by atoms with Gasteiger partial charge >= 0.3 is 37.7 Å². The van der Waals surface area contributed by atoms with Crippen molar-refractivity contribution in [1.82, 2.24) is 20.9 Å². The minimum absolute atomic E-state index is 0. The maximum absolute atomic E-state index is 13.3. The first-order valence-electron chi connectivity index (χ1n) is 19.7. The number of hydrogen-bond donors (Lipinski definition) is 4. The summed E-state index contributed by atoms with van der Waals surface area (Å²) in [5.74, 6) is -0.00571. The van der Waals surface area contributed by atoms with Gasteiger partial charge in [-0.05, 0) is 133 Å². The van der Waals surface area contributed by atoms with E-state index in [1.165, 1.54) is 10.0 Å². The molecular weight excluding hydrogens is 901 g/mol. The van der Waals surface area contributed by atoms with Crippen molar-refractivity contribution in [2.24, 2.45) is 0 Å². The minimum atomic E-state index is -0.666. The summed E-state index contributed by atoms with van der Waals surface area (Å²) in [7, 11) is 3.15. The second-order valence-electron chi connectivity index (χ2n) is 16.0. The SMILES string of the molecule is CCc1c(OC)cccc1C(=O)NN(C(=O)c1cc(C)cc(CBr)c1)C(C)(C)C.CCc1c(OC)cccc1C(=O)NN(C(=O)c1cc(C)cc(CO)c1)C(C)(C)C.O=[C-]O.[Ca+2].[OH-]. The number of carbonyl (C=O) groups excluding carboxylic acids is 4. The number of halogens is 1. The zero-order valence-electron chi connectivity index (χ0n) is 38.4. The molecular formula is C47H61BrCaN4O10. The molecule has 14 nitrogen and oxygen atoms in total. The number of benzene rings is 4. The summed E-state index contributed by atoms with van der Waals surface area (Å²) in [6, 6.07) is 21.6. The van der Waals surface area contributed by atoms with Crippen LogP contribution in [-0.2, 0) is 29.6 Å². The Kier molecular flexibility index (Phi) is 25.0. The summed E-state index contributed by atoms with van der Waals surface area (Å²) < 4.78 is 10.8. The van der Waals surface area contributed by atoms with Crippen LogP contribution in [0.4, 0.5) is 0 Å². The molecule has 4 aromatic carbocycles. The van der Waals surface area contributed by atoms with Crippen molar-refractivity contribution in [2.75, 3.05) is 14.2 Å². The van der Waals surface area contributed by atoms with Crippen LogP contribution in [0.25, 0.3) is 0 Å². The van der Waals surface area contributed by atoms with E-state index in [0.29, 0.717) is 64.0 Å². The number of alkyl halides is 1. The van der Waals surface area contributed by atoms with Gasteiger partial charge in [0, 0.05) is 38.7 Å². The van der Waals surface area contributed by atoms with E-state index < -0.39 is 11.1 Å². The Morgan fingerprint density at radius 1 is 0.683 bits per heavy atom. The quantitative estimate of drug-likeness (QED) is 0.0527. The number of aliphatic hydroxyl groups excluding tert-OH is 2. The Bertz CT molecular complexity index is 2020. The molecule has 4 aromatic rings. The fraction of sp³-hybridized carbons (Fsp3) is 0.383. The van der Waals surface area contributed by atoms with Gasteiger partial charge in [0.05, 0.1) is 31.9 Å². The van der Waals surface area contributed by atoms with Crippen LogP contribution in [0.1, 0.15) is 130 Å². The number of hydrazine groups is 2. The second kappa shape index (κ2) is 27.0. The first kappa shape index (κ1) is 58.5. The van der Waals surface area contributed by atoms with E-state index in [0.717, 1.165) is 27.8 Å². The fourth-order valence-corrected chi connectivity index (χ4v) is 6.76. The normalized spacial score (nSPS) is 10.4. The Labute approximate surface area is 410 Å². The van der Waals surface area contributed by atoms with Crippen LogP contribution in [0.3, 0.4) is 0 Å². The van der Waals surface area contributed by atoms with Crippen LogP contribution < -0.4 is 20.3 Å². The van der Waals surface area contributed by atoms with E-state index >= 15 is 0 Å². The van der Waals surface area contributed by atoms with Gasteiger partial charge in [-0.3, -0.25) is 30.0 Å². The number of nitrogens with one attached hydrogen (secondary N) is 2. The molecule has 0 heterocycles. The van der Waals surface area contributed by atoms with E-state index in [4.69, 9.17) is 19.4 Å². The fourth-order valence-electron chi connectivity index (χ4n) is 6.44. The molecule has 0 atom stereocenters. The average molecular weight is 962 g/mol. The summed E-state index contributed by atoms with van der Waals surface area (Å²) >= 11 is 3.45. The van der Waals surface area contributed by atoms with Crippen molar-refractivity contribution in [1.29, 1.82) is 0 Å². The van der Waals surface area contributed by atoms with Crippen molar-refractivity contribution in [3.05, 3.63) is 128 Å². The molecule has 0 fully saturated rings. The van der Waals surface area contributed by atoms with Gasteiger partial charge in [0.15, 0.2) is 0 Å². The van der Waals surface area contributed by atoms with Gasteiger partial charge in [-0.1, -0.05) is 66.1 Å². The smallest absolute Gasteiger partial charge is 0.870 e. The predicted octanol–water partition coefficient (Wildman–Crippen LogP) is 7.74. The van der Waals surface area contributed by atoms with E-state index in [1.54, 1.807) is 50.6 Å². The van der Waals surface area contributed by atoms with Gasteiger partial charge < -0.3 is 30.0 Å². The van der Waals surface area contributed by atoms with Crippen molar-refractivity contribution in [3.63, 3.8) is 0 Å². The maximum atomic E-state index is 13.3. The molecule has 4 rings (SSSR count). The summed E-state index contributed by atoms with van der Waals surface area (Å²) in [4.78, 5) is 61.0. The molecule has 0 saturated heterocycles. The van der Waals surface area contributed by atoms with Crippen molar-refractivity contribution in [3.8, 4) is 11.5 Å². The molecule has 0 unspecified atom stereocenters. The van der Waals surface area contributed by atoms with Crippen LogP contribution in [0, 0.1) is 13.8 Å². The number of aryl methyl sites for hydroxylation is 2. The topological polar surface area (TPSA) is 205 Å². The Hall–Kier alpha value is -4.51. The molecule has 338 valence electrons. The molecule has 0 aliphatic rings.